The molecule has 0 radical (unpaired) electrons. The zero-order valence-electron chi connectivity index (χ0n) is 23.7. The number of carbonyl (C=O) groups excluding carboxylic acids is 1. The van der Waals surface area contributed by atoms with Crippen LogP contribution >= 0.6 is 0 Å². The molecule has 0 unspecified atom stereocenters. The summed E-state index contributed by atoms with van der Waals surface area (Å²) in [5.74, 6) is -1.16. The highest BCUT2D eigenvalue weighted by Crippen LogP contribution is 2.41. The number of unbranched alkanes of at least 4 members (excludes halogenated alkanes) is 1. The van der Waals surface area contributed by atoms with Gasteiger partial charge >= 0.3 is 0 Å². The van der Waals surface area contributed by atoms with E-state index in [1.54, 1.807) is 37.4 Å². The minimum atomic E-state index is -1.78. The van der Waals surface area contributed by atoms with E-state index >= 15 is 0 Å². The Kier molecular flexibility index (Phi) is 8.64. The summed E-state index contributed by atoms with van der Waals surface area (Å²) in [6, 6.07) is 10.6. The number of carbonyl (C=O) groups is 1. The van der Waals surface area contributed by atoms with Crippen molar-refractivity contribution in [2.24, 2.45) is 0 Å². The van der Waals surface area contributed by atoms with Gasteiger partial charge in [0.25, 0.3) is 5.91 Å². The van der Waals surface area contributed by atoms with E-state index in [-0.39, 0.29) is 16.6 Å². The molecule has 1 aliphatic rings. The largest absolute Gasteiger partial charge is 0.493 e. The predicted octanol–water partition coefficient (Wildman–Crippen LogP) is 7.60. The van der Waals surface area contributed by atoms with Gasteiger partial charge in [0.1, 0.15) is 0 Å². The predicted molar refractivity (Wildman–Crippen MR) is 156 cm³/mol. The Hall–Kier alpha value is -3.70. The molecule has 0 saturated carbocycles. The highest BCUT2D eigenvalue weighted by Gasteiger charge is 2.36. The SMILES string of the molecule is COc1cc2c(cc1OCCCCO[Si](C)(C)C(C)(C)C)Nc1cc(Nc3cc(F)nc(F)c3)ccc1C(=O)N2. The van der Waals surface area contributed by atoms with Crippen LogP contribution in [-0.2, 0) is 4.43 Å². The van der Waals surface area contributed by atoms with Crippen molar-refractivity contribution in [3.05, 3.63) is 59.9 Å². The zero-order chi connectivity index (χ0) is 29.1. The molecule has 0 atom stereocenters. The van der Waals surface area contributed by atoms with E-state index in [1.165, 1.54) is 0 Å². The summed E-state index contributed by atoms with van der Waals surface area (Å²) in [5.41, 5.74) is 2.77. The first-order valence-electron chi connectivity index (χ1n) is 13.2. The summed E-state index contributed by atoms with van der Waals surface area (Å²) < 4.78 is 44.9. The van der Waals surface area contributed by atoms with E-state index < -0.39 is 20.2 Å². The van der Waals surface area contributed by atoms with Crippen LogP contribution in [0.25, 0.3) is 0 Å². The van der Waals surface area contributed by atoms with Gasteiger partial charge in [-0.2, -0.15) is 13.8 Å². The molecule has 2 heterocycles. The van der Waals surface area contributed by atoms with Gasteiger partial charge in [-0.25, -0.2) is 0 Å². The molecule has 1 aromatic heterocycles. The molecule has 4 rings (SSSR count). The van der Waals surface area contributed by atoms with Gasteiger partial charge in [0.2, 0.25) is 11.9 Å². The fourth-order valence-electron chi connectivity index (χ4n) is 3.93. The molecule has 0 aliphatic carbocycles. The van der Waals surface area contributed by atoms with Gasteiger partial charge in [0, 0.05) is 42.2 Å². The van der Waals surface area contributed by atoms with Crippen LogP contribution in [0, 0.1) is 11.9 Å². The number of amides is 1. The summed E-state index contributed by atoms with van der Waals surface area (Å²) in [7, 11) is -0.229. The molecule has 0 bridgehead atoms. The quantitative estimate of drug-likeness (QED) is 0.131. The third-order valence-electron chi connectivity index (χ3n) is 7.20. The van der Waals surface area contributed by atoms with Gasteiger partial charge in [0.15, 0.2) is 19.8 Å². The number of nitrogens with zero attached hydrogens (tertiary/aromatic N) is 1. The van der Waals surface area contributed by atoms with Crippen molar-refractivity contribution in [2.45, 2.75) is 51.7 Å². The topological polar surface area (TPSA) is 93.7 Å². The van der Waals surface area contributed by atoms with Crippen LogP contribution in [0.5, 0.6) is 11.5 Å². The zero-order valence-corrected chi connectivity index (χ0v) is 24.7. The second kappa shape index (κ2) is 11.8. The molecule has 11 heteroatoms. The molecular formula is C29H36F2N4O4Si. The van der Waals surface area contributed by atoms with Crippen LogP contribution in [0.4, 0.5) is 37.2 Å². The highest BCUT2D eigenvalue weighted by atomic mass is 28.4. The van der Waals surface area contributed by atoms with Gasteiger partial charge in [-0.3, -0.25) is 4.79 Å². The lowest BCUT2D eigenvalue weighted by atomic mass is 10.1. The fourth-order valence-corrected chi connectivity index (χ4v) is 5.02. The first-order chi connectivity index (χ1) is 18.9. The number of hydrogen-bond donors (Lipinski definition) is 3. The summed E-state index contributed by atoms with van der Waals surface area (Å²) in [4.78, 5) is 16.1. The molecule has 1 aliphatic heterocycles. The Morgan fingerprint density at radius 2 is 1.52 bits per heavy atom. The summed E-state index contributed by atoms with van der Waals surface area (Å²) >= 11 is 0. The number of benzene rings is 2. The van der Waals surface area contributed by atoms with Gasteiger partial charge < -0.3 is 29.9 Å². The summed E-state index contributed by atoms with van der Waals surface area (Å²) in [6.45, 7) is 12.3. The summed E-state index contributed by atoms with van der Waals surface area (Å²) in [6.07, 6.45) is 1.69. The molecule has 8 nitrogen and oxygen atoms in total. The second-order valence-corrected chi connectivity index (χ2v) is 16.0. The average Bonchev–Trinajstić information content (AvgIpc) is 2.99. The number of anilines is 5. The monoisotopic (exact) mass is 570 g/mol. The smallest absolute Gasteiger partial charge is 0.257 e. The molecule has 1 amide bonds. The Bertz CT molecular complexity index is 1370. The Morgan fingerprint density at radius 1 is 0.875 bits per heavy atom. The standard InChI is InChI=1S/C29H36F2N4O4Si/c1-29(2,3)40(5,6)39-12-8-7-11-38-25-17-22-23(16-24(25)37-4)34-28(36)20-10-9-18(13-21(20)33-22)32-19-14-26(30)35-27(31)15-19/h9-10,13-17,33H,7-8,11-12H2,1-6H3,(H,32,35)(H,34,36). The van der Waals surface area contributed by atoms with Crippen LogP contribution in [-0.4, -0.2) is 39.5 Å². The maximum Gasteiger partial charge on any atom is 0.257 e. The maximum atomic E-state index is 13.5. The summed E-state index contributed by atoms with van der Waals surface area (Å²) in [5, 5.41) is 9.29. The Morgan fingerprint density at radius 3 is 2.20 bits per heavy atom. The van der Waals surface area contributed by atoms with E-state index in [0.29, 0.717) is 53.0 Å². The van der Waals surface area contributed by atoms with Crippen LogP contribution in [0.3, 0.4) is 0 Å². The minimum absolute atomic E-state index is 0.172. The Labute approximate surface area is 234 Å². The number of ether oxygens (including phenoxy) is 2. The number of rotatable bonds is 10. The Balaban J connectivity index is 1.46. The lowest BCUT2D eigenvalue weighted by Crippen LogP contribution is -2.41. The van der Waals surface area contributed by atoms with Crippen LogP contribution in [0.2, 0.25) is 18.1 Å². The first-order valence-corrected chi connectivity index (χ1v) is 16.1. The highest BCUT2D eigenvalue weighted by molar-refractivity contribution is 6.74. The van der Waals surface area contributed by atoms with Crippen molar-refractivity contribution in [3.63, 3.8) is 0 Å². The van der Waals surface area contributed by atoms with E-state index in [2.05, 4.69) is 54.8 Å². The lowest BCUT2D eigenvalue weighted by molar-refractivity contribution is 0.102. The third-order valence-corrected chi connectivity index (χ3v) is 11.7. The van der Waals surface area contributed by atoms with Crippen molar-refractivity contribution < 1.29 is 27.5 Å². The molecule has 0 fully saturated rings. The maximum absolute atomic E-state index is 13.5. The molecule has 2 aromatic carbocycles. The van der Waals surface area contributed by atoms with E-state index in [4.69, 9.17) is 13.9 Å². The van der Waals surface area contributed by atoms with Crippen molar-refractivity contribution >= 4 is 42.7 Å². The lowest BCUT2D eigenvalue weighted by Gasteiger charge is -2.36. The van der Waals surface area contributed by atoms with E-state index in [9.17, 15) is 13.6 Å². The second-order valence-electron chi connectivity index (χ2n) is 11.2. The molecule has 0 spiro atoms. The van der Waals surface area contributed by atoms with E-state index in [1.807, 2.05) is 0 Å². The van der Waals surface area contributed by atoms with Gasteiger partial charge in [-0.1, -0.05) is 20.8 Å². The average molecular weight is 571 g/mol. The van der Waals surface area contributed by atoms with Crippen LogP contribution in [0.15, 0.2) is 42.5 Å². The molecule has 0 saturated heterocycles. The molecule has 214 valence electrons. The van der Waals surface area contributed by atoms with Crippen LogP contribution < -0.4 is 25.4 Å². The normalized spacial score (nSPS) is 12.9. The van der Waals surface area contributed by atoms with Crippen molar-refractivity contribution in [1.29, 1.82) is 0 Å². The van der Waals surface area contributed by atoms with Gasteiger partial charge in [-0.05, 0) is 49.2 Å². The fraction of sp³-hybridized carbons (Fsp3) is 0.379. The molecule has 3 N–H and O–H groups in total. The van der Waals surface area contributed by atoms with Crippen molar-refractivity contribution in [1.82, 2.24) is 4.98 Å². The first kappa shape index (κ1) is 29.3. The number of hydrogen-bond acceptors (Lipinski definition) is 7. The third kappa shape index (κ3) is 6.89. The van der Waals surface area contributed by atoms with Gasteiger partial charge in [0.05, 0.1) is 36.3 Å². The molecule has 3 aromatic rings. The minimum Gasteiger partial charge on any atom is -0.493 e. The number of aromatic nitrogens is 1. The van der Waals surface area contributed by atoms with E-state index in [0.717, 1.165) is 25.0 Å². The van der Waals surface area contributed by atoms with Crippen molar-refractivity contribution in [2.75, 3.05) is 36.3 Å². The van der Waals surface area contributed by atoms with Gasteiger partial charge in [-0.15, -0.1) is 0 Å². The number of pyridine rings is 1. The molecular weight excluding hydrogens is 534 g/mol. The number of halogens is 2. The number of fused-ring (bicyclic) bond motifs is 2. The number of nitrogens with one attached hydrogen (secondary N) is 3. The number of methoxy groups -OCH3 is 1. The van der Waals surface area contributed by atoms with Crippen molar-refractivity contribution in [3.8, 4) is 11.5 Å². The molecule has 40 heavy (non-hydrogen) atoms. The van der Waals surface area contributed by atoms with Crippen LogP contribution in [0.1, 0.15) is 44.0 Å².